The topological polar surface area (TPSA) is 71.5 Å². The third kappa shape index (κ3) is 7.28. The second-order valence-electron chi connectivity index (χ2n) is 6.42. The highest BCUT2D eigenvalue weighted by atomic mass is 32.1. The molecule has 6 heteroatoms. The lowest BCUT2D eigenvalue weighted by Gasteiger charge is -2.26. The summed E-state index contributed by atoms with van der Waals surface area (Å²) in [6.07, 6.45) is 5.65. The van der Waals surface area contributed by atoms with Gasteiger partial charge in [-0.05, 0) is 32.2 Å². The molecular weight excluding hydrogens is 324 g/mol. The molecule has 0 amide bonds. The predicted octanol–water partition coefficient (Wildman–Crippen LogP) is 4.50. The summed E-state index contributed by atoms with van der Waals surface area (Å²) in [4.78, 5) is 15.3. The van der Waals surface area contributed by atoms with Gasteiger partial charge in [-0.2, -0.15) is 0 Å². The smallest absolute Gasteiger partial charge is 0.355 e. The van der Waals surface area contributed by atoms with Crippen LogP contribution in [0.15, 0.2) is 5.38 Å². The van der Waals surface area contributed by atoms with E-state index in [4.69, 9.17) is 9.84 Å². The SMILES string of the molecule is CCCCCCNC(CC(OCC)c1nc(C(=O)O)cs1)C(C)C. The van der Waals surface area contributed by atoms with E-state index >= 15 is 0 Å². The molecule has 0 radical (unpaired) electrons. The van der Waals surface area contributed by atoms with Gasteiger partial charge in [0.05, 0.1) is 0 Å². The van der Waals surface area contributed by atoms with Crippen molar-refractivity contribution in [1.82, 2.24) is 10.3 Å². The molecule has 5 nitrogen and oxygen atoms in total. The highest BCUT2D eigenvalue weighted by Gasteiger charge is 2.24. The molecule has 1 heterocycles. The summed E-state index contributed by atoms with van der Waals surface area (Å²) in [5.41, 5.74) is 0.105. The van der Waals surface area contributed by atoms with Crippen LogP contribution in [0.4, 0.5) is 0 Å². The number of rotatable bonds is 13. The molecule has 0 fully saturated rings. The Hall–Kier alpha value is -0.980. The Kier molecular flexibility index (Phi) is 10.1. The van der Waals surface area contributed by atoms with Gasteiger partial charge < -0.3 is 15.2 Å². The summed E-state index contributed by atoms with van der Waals surface area (Å²) < 4.78 is 5.86. The Morgan fingerprint density at radius 3 is 2.62 bits per heavy atom. The van der Waals surface area contributed by atoms with Crippen LogP contribution in [0.25, 0.3) is 0 Å². The van der Waals surface area contributed by atoms with Gasteiger partial charge in [0.25, 0.3) is 0 Å². The number of carboxylic acid groups (broad SMARTS) is 1. The number of ether oxygens (including phenoxy) is 1. The quantitative estimate of drug-likeness (QED) is 0.509. The molecule has 0 spiro atoms. The van der Waals surface area contributed by atoms with Crippen molar-refractivity contribution in [2.75, 3.05) is 13.2 Å². The third-order valence-electron chi connectivity index (χ3n) is 4.09. The number of nitrogens with zero attached hydrogens (tertiary/aromatic N) is 1. The van der Waals surface area contributed by atoms with Crippen molar-refractivity contribution in [3.63, 3.8) is 0 Å². The number of unbranched alkanes of at least 4 members (excludes halogenated alkanes) is 3. The number of nitrogens with one attached hydrogen (secondary N) is 1. The minimum atomic E-state index is -0.984. The van der Waals surface area contributed by atoms with Gasteiger partial charge in [0, 0.05) is 18.0 Å². The third-order valence-corrected chi connectivity index (χ3v) is 5.03. The maximum Gasteiger partial charge on any atom is 0.355 e. The van der Waals surface area contributed by atoms with Crippen LogP contribution in [0.5, 0.6) is 0 Å². The lowest BCUT2D eigenvalue weighted by atomic mass is 9.97. The fraction of sp³-hybridized carbons (Fsp3) is 0.778. The summed E-state index contributed by atoms with van der Waals surface area (Å²) in [6, 6.07) is 0.334. The lowest BCUT2D eigenvalue weighted by Crippen LogP contribution is -2.36. The first-order chi connectivity index (χ1) is 11.5. The summed E-state index contributed by atoms with van der Waals surface area (Å²) >= 11 is 1.37. The van der Waals surface area contributed by atoms with Gasteiger partial charge in [0.2, 0.25) is 0 Å². The van der Waals surface area contributed by atoms with E-state index in [9.17, 15) is 4.79 Å². The van der Waals surface area contributed by atoms with Gasteiger partial charge >= 0.3 is 5.97 Å². The van der Waals surface area contributed by atoms with Crippen LogP contribution < -0.4 is 5.32 Å². The van der Waals surface area contributed by atoms with Gasteiger partial charge in [0.15, 0.2) is 5.69 Å². The summed E-state index contributed by atoms with van der Waals surface area (Å²) in [5.74, 6) is -0.500. The number of hydrogen-bond acceptors (Lipinski definition) is 5. The van der Waals surface area contributed by atoms with Crippen LogP contribution in [0.2, 0.25) is 0 Å². The van der Waals surface area contributed by atoms with Crippen LogP contribution in [0, 0.1) is 5.92 Å². The van der Waals surface area contributed by atoms with Gasteiger partial charge in [0.1, 0.15) is 11.1 Å². The first-order valence-corrected chi connectivity index (χ1v) is 9.91. The highest BCUT2D eigenvalue weighted by Crippen LogP contribution is 2.28. The van der Waals surface area contributed by atoms with E-state index in [-0.39, 0.29) is 11.8 Å². The molecule has 0 aliphatic rings. The van der Waals surface area contributed by atoms with Gasteiger partial charge in [-0.3, -0.25) is 0 Å². The molecule has 2 atom stereocenters. The van der Waals surface area contributed by atoms with Crippen molar-refractivity contribution < 1.29 is 14.6 Å². The molecule has 0 aliphatic heterocycles. The monoisotopic (exact) mass is 356 g/mol. The molecule has 2 unspecified atom stereocenters. The molecule has 1 aromatic heterocycles. The molecular formula is C18H32N2O3S. The van der Waals surface area contributed by atoms with Crippen molar-refractivity contribution >= 4 is 17.3 Å². The normalized spacial score (nSPS) is 14.0. The Labute approximate surface area is 149 Å². The molecule has 1 rings (SSSR count). The Bertz CT molecular complexity index is 477. The summed E-state index contributed by atoms with van der Waals surface area (Å²) in [6.45, 7) is 10.2. The van der Waals surface area contributed by atoms with Crippen LogP contribution in [-0.2, 0) is 4.74 Å². The number of thiazole rings is 1. The maximum atomic E-state index is 11.0. The number of aromatic carboxylic acids is 1. The van der Waals surface area contributed by atoms with Crippen LogP contribution >= 0.6 is 11.3 Å². The predicted molar refractivity (Wildman–Crippen MR) is 98.8 cm³/mol. The van der Waals surface area contributed by atoms with Gasteiger partial charge in [-0.25, -0.2) is 9.78 Å². The molecule has 0 aromatic carbocycles. The highest BCUT2D eigenvalue weighted by molar-refractivity contribution is 7.09. The van der Waals surface area contributed by atoms with Crippen LogP contribution in [0.1, 0.15) is 81.4 Å². The first kappa shape index (κ1) is 21.1. The average Bonchev–Trinajstić information content (AvgIpc) is 3.02. The van der Waals surface area contributed by atoms with Crippen LogP contribution in [0.3, 0.4) is 0 Å². The number of aromatic nitrogens is 1. The van der Waals surface area contributed by atoms with E-state index in [1.807, 2.05) is 6.92 Å². The van der Waals surface area contributed by atoms with Crippen molar-refractivity contribution in [3.8, 4) is 0 Å². The molecule has 2 N–H and O–H groups in total. The van der Waals surface area contributed by atoms with Gasteiger partial charge in [-0.1, -0.05) is 40.0 Å². The molecule has 0 saturated carbocycles. The van der Waals surface area contributed by atoms with Crippen molar-refractivity contribution in [3.05, 3.63) is 16.1 Å². The Balaban J connectivity index is 2.65. The Morgan fingerprint density at radius 2 is 2.08 bits per heavy atom. The fourth-order valence-electron chi connectivity index (χ4n) is 2.64. The van der Waals surface area contributed by atoms with Crippen molar-refractivity contribution in [1.29, 1.82) is 0 Å². The molecule has 0 aliphatic carbocycles. The summed E-state index contributed by atoms with van der Waals surface area (Å²) in [5, 5.41) is 15.1. The first-order valence-electron chi connectivity index (χ1n) is 9.03. The number of carbonyl (C=O) groups is 1. The largest absolute Gasteiger partial charge is 0.476 e. The lowest BCUT2D eigenvalue weighted by molar-refractivity contribution is 0.0435. The van der Waals surface area contributed by atoms with E-state index in [2.05, 4.69) is 31.1 Å². The minimum Gasteiger partial charge on any atom is -0.476 e. The van der Waals surface area contributed by atoms with E-state index in [0.717, 1.165) is 18.0 Å². The molecule has 1 aromatic rings. The van der Waals surface area contributed by atoms with Crippen molar-refractivity contribution in [2.45, 2.75) is 71.9 Å². The van der Waals surface area contributed by atoms with Crippen molar-refractivity contribution in [2.24, 2.45) is 5.92 Å². The van der Waals surface area contributed by atoms with E-state index in [1.54, 1.807) is 5.38 Å². The van der Waals surface area contributed by atoms with E-state index in [0.29, 0.717) is 18.6 Å². The zero-order valence-electron chi connectivity index (χ0n) is 15.4. The molecule has 138 valence electrons. The zero-order chi connectivity index (χ0) is 17.9. The minimum absolute atomic E-state index is 0.105. The van der Waals surface area contributed by atoms with E-state index in [1.165, 1.54) is 37.0 Å². The number of hydrogen-bond donors (Lipinski definition) is 2. The van der Waals surface area contributed by atoms with Crippen LogP contribution in [-0.4, -0.2) is 35.3 Å². The van der Waals surface area contributed by atoms with E-state index < -0.39 is 5.97 Å². The standard InChI is InChI=1S/C18H32N2O3S/c1-5-7-8-9-10-19-14(13(3)4)11-16(23-6-2)17-20-15(12-24-17)18(21)22/h12-14,16,19H,5-11H2,1-4H3,(H,21,22). The average molecular weight is 357 g/mol. The zero-order valence-corrected chi connectivity index (χ0v) is 16.2. The second-order valence-corrected chi connectivity index (χ2v) is 7.31. The van der Waals surface area contributed by atoms with Gasteiger partial charge in [-0.15, -0.1) is 11.3 Å². The maximum absolute atomic E-state index is 11.0. The Morgan fingerprint density at radius 1 is 1.33 bits per heavy atom. The molecule has 0 bridgehead atoms. The number of carboxylic acids is 1. The summed E-state index contributed by atoms with van der Waals surface area (Å²) in [7, 11) is 0. The fourth-order valence-corrected chi connectivity index (χ4v) is 3.49. The second kappa shape index (κ2) is 11.6. The molecule has 24 heavy (non-hydrogen) atoms. The molecule has 0 saturated heterocycles.